The van der Waals surface area contributed by atoms with E-state index in [2.05, 4.69) is 25.8 Å². The summed E-state index contributed by atoms with van der Waals surface area (Å²) in [6, 6.07) is 6.86. The highest BCUT2D eigenvalue weighted by Gasteiger charge is 2.21. The Morgan fingerprint density at radius 2 is 1.88 bits per heavy atom. The minimum absolute atomic E-state index is 0.410. The predicted molar refractivity (Wildman–Crippen MR) is 100 cm³/mol. The average Bonchev–Trinajstić information content (AvgIpc) is 3.01. The van der Waals surface area contributed by atoms with Crippen LogP contribution in [0.1, 0.15) is 27.7 Å². The van der Waals surface area contributed by atoms with Gasteiger partial charge in [0.2, 0.25) is 11.1 Å². The van der Waals surface area contributed by atoms with Crippen LogP contribution in [0.5, 0.6) is 5.75 Å². The van der Waals surface area contributed by atoms with E-state index in [4.69, 9.17) is 4.74 Å². The summed E-state index contributed by atoms with van der Waals surface area (Å²) in [6.45, 7) is 7.20. The number of carbonyl (C=O) groups is 2. The third kappa shape index (κ3) is 5.76. The molecule has 0 aliphatic carbocycles. The Morgan fingerprint density at radius 3 is 2.46 bits per heavy atom. The van der Waals surface area contributed by atoms with Gasteiger partial charge < -0.3 is 10.1 Å². The molecule has 0 fully saturated rings. The van der Waals surface area contributed by atoms with Gasteiger partial charge in [0.15, 0.2) is 5.82 Å². The van der Waals surface area contributed by atoms with Gasteiger partial charge in [-0.15, -0.1) is 5.10 Å². The average molecular weight is 377 g/mol. The number of hydrogen-bond acceptors (Lipinski definition) is 6. The van der Waals surface area contributed by atoms with E-state index in [9.17, 15) is 9.59 Å². The lowest BCUT2D eigenvalue weighted by molar-refractivity contribution is -0.119. The Bertz CT molecular complexity index is 767. The van der Waals surface area contributed by atoms with E-state index in [0.29, 0.717) is 11.0 Å². The van der Waals surface area contributed by atoms with E-state index in [1.807, 2.05) is 45.0 Å². The highest BCUT2D eigenvalue weighted by molar-refractivity contribution is 8.00. The van der Waals surface area contributed by atoms with Crippen LogP contribution in [0.4, 0.5) is 4.79 Å². The molecule has 0 bridgehead atoms. The molecule has 26 heavy (non-hydrogen) atoms. The number of methoxy groups -OCH3 is 1. The number of amides is 3. The fourth-order valence-corrected chi connectivity index (χ4v) is 2.70. The zero-order valence-corrected chi connectivity index (χ0v) is 16.2. The molecular weight excluding hydrogens is 354 g/mol. The Morgan fingerprint density at radius 1 is 1.23 bits per heavy atom. The normalized spacial score (nSPS) is 12.3. The van der Waals surface area contributed by atoms with E-state index < -0.39 is 22.7 Å². The maximum Gasteiger partial charge on any atom is 0.321 e. The molecule has 1 aromatic carbocycles. The molecule has 0 spiro atoms. The number of rotatable bonds is 5. The molecule has 1 aromatic heterocycles. The number of hydrogen-bond donors (Lipinski definition) is 3. The molecule has 0 radical (unpaired) electrons. The van der Waals surface area contributed by atoms with Crippen molar-refractivity contribution < 1.29 is 14.3 Å². The van der Waals surface area contributed by atoms with Crippen LogP contribution in [0.25, 0.3) is 11.4 Å². The number of nitrogens with zero attached hydrogens (tertiary/aromatic N) is 2. The lowest BCUT2D eigenvalue weighted by atomic mass is 10.1. The fourth-order valence-electron chi connectivity index (χ4n) is 1.97. The van der Waals surface area contributed by atoms with Gasteiger partial charge in [-0.05, 0) is 52.0 Å². The number of imide groups is 1. The van der Waals surface area contributed by atoms with E-state index in [-0.39, 0.29) is 0 Å². The summed E-state index contributed by atoms with van der Waals surface area (Å²) < 4.78 is 5.12. The zero-order chi connectivity index (χ0) is 19.3. The van der Waals surface area contributed by atoms with E-state index in [1.54, 1.807) is 14.0 Å². The Labute approximate surface area is 156 Å². The smallest absolute Gasteiger partial charge is 0.321 e. The number of H-pyrrole nitrogens is 1. The monoisotopic (exact) mass is 377 g/mol. The molecule has 0 aliphatic rings. The summed E-state index contributed by atoms with van der Waals surface area (Å²) in [4.78, 5) is 28.3. The molecule has 1 heterocycles. The van der Waals surface area contributed by atoms with Crippen LogP contribution in [0.2, 0.25) is 0 Å². The first-order valence-electron chi connectivity index (χ1n) is 8.04. The molecule has 0 saturated carbocycles. The third-order valence-corrected chi connectivity index (χ3v) is 4.17. The third-order valence-electron chi connectivity index (χ3n) is 3.21. The van der Waals surface area contributed by atoms with Crippen molar-refractivity contribution in [1.29, 1.82) is 0 Å². The van der Waals surface area contributed by atoms with E-state index in [1.165, 1.54) is 0 Å². The second-order valence-electron chi connectivity index (χ2n) is 6.65. The Kier molecular flexibility index (Phi) is 6.25. The van der Waals surface area contributed by atoms with Crippen LogP contribution in [-0.4, -0.2) is 45.0 Å². The van der Waals surface area contributed by atoms with Gasteiger partial charge in [-0.25, -0.2) is 9.78 Å². The maximum atomic E-state index is 12.1. The van der Waals surface area contributed by atoms with Crippen LogP contribution in [-0.2, 0) is 4.79 Å². The summed E-state index contributed by atoms with van der Waals surface area (Å²) >= 11 is 1.16. The van der Waals surface area contributed by atoms with E-state index >= 15 is 0 Å². The number of nitrogens with one attached hydrogen (secondary N) is 3. The summed E-state index contributed by atoms with van der Waals surface area (Å²) in [7, 11) is 1.60. The maximum absolute atomic E-state index is 12.1. The Balaban J connectivity index is 1.94. The number of benzene rings is 1. The van der Waals surface area contributed by atoms with Crippen LogP contribution >= 0.6 is 11.8 Å². The van der Waals surface area contributed by atoms with Crippen LogP contribution < -0.4 is 15.4 Å². The largest absolute Gasteiger partial charge is 0.497 e. The van der Waals surface area contributed by atoms with Gasteiger partial charge in [-0.2, -0.15) is 0 Å². The minimum atomic E-state index is -0.528. The summed E-state index contributed by atoms with van der Waals surface area (Å²) in [6.07, 6.45) is 0. The molecule has 0 unspecified atom stereocenters. The van der Waals surface area contributed by atoms with Crippen LogP contribution in [0.15, 0.2) is 29.4 Å². The van der Waals surface area contributed by atoms with Crippen molar-refractivity contribution >= 4 is 23.7 Å². The number of aromatic amines is 1. The lowest BCUT2D eigenvalue weighted by Crippen LogP contribution is -2.49. The number of thioether (sulfide) groups is 1. The van der Waals surface area contributed by atoms with Crippen molar-refractivity contribution in [2.24, 2.45) is 0 Å². The molecule has 3 N–H and O–H groups in total. The molecule has 9 heteroatoms. The van der Waals surface area contributed by atoms with Gasteiger partial charge >= 0.3 is 6.03 Å². The highest BCUT2D eigenvalue weighted by Crippen LogP contribution is 2.24. The molecule has 140 valence electrons. The molecule has 2 aromatic rings. The predicted octanol–water partition coefficient (Wildman–Crippen LogP) is 2.59. The standard InChI is InChI=1S/C17H23N5O3S/c1-10(14(23)19-15(24)20-17(2,3)4)26-16-18-13(21-22-16)11-6-8-12(25-5)9-7-11/h6-10H,1-5H3,(H,18,21,22)(H2,19,20,23,24)/t10-/m1/s1. The number of urea groups is 1. The number of carbonyl (C=O) groups excluding carboxylic acids is 2. The van der Waals surface area contributed by atoms with Crippen LogP contribution in [0, 0.1) is 0 Å². The van der Waals surface area contributed by atoms with Crippen molar-refractivity contribution in [3.05, 3.63) is 24.3 Å². The van der Waals surface area contributed by atoms with Crippen molar-refractivity contribution in [3.8, 4) is 17.1 Å². The summed E-state index contributed by atoms with van der Waals surface area (Å²) in [5, 5.41) is 11.8. The first-order valence-corrected chi connectivity index (χ1v) is 8.92. The molecule has 1 atom stereocenters. The van der Waals surface area contributed by atoms with Crippen molar-refractivity contribution in [1.82, 2.24) is 25.8 Å². The summed E-state index contributed by atoms with van der Waals surface area (Å²) in [5.74, 6) is 0.933. The first-order chi connectivity index (χ1) is 12.2. The van der Waals surface area contributed by atoms with E-state index in [0.717, 1.165) is 23.1 Å². The van der Waals surface area contributed by atoms with Crippen molar-refractivity contribution in [3.63, 3.8) is 0 Å². The Hall–Kier alpha value is -2.55. The minimum Gasteiger partial charge on any atom is -0.497 e. The topological polar surface area (TPSA) is 109 Å². The first kappa shape index (κ1) is 19.8. The second-order valence-corrected chi connectivity index (χ2v) is 7.96. The zero-order valence-electron chi connectivity index (χ0n) is 15.4. The van der Waals surface area contributed by atoms with Gasteiger partial charge in [-0.3, -0.25) is 15.2 Å². The summed E-state index contributed by atoms with van der Waals surface area (Å²) in [5.41, 5.74) is 0.435. The van der Waals surface area contributed by atoms with Gasteiger partial charge in [0.05, 0.1) is 12.4 Å². The fraction of sp³-hybridized carbons (Fsp3) is 0.412. The molecule has 2 rings (SSSR count). The highest BCUT2D eigenvalue weighted by atomic mass is 32.2. The molecular formula is C17H23N5O3S. The SMILES string of the molecule is COc1ccc(-c2nc(S[C@H](C)C(=O)NC(=O)NC(C)(C)C)n[nH]2)cc1. The van der Waals surface area contributed by atoms with Gasteiger partial charge in [0, 0.05) is 11.1 Å². The number of ether oxygens (including phenoxy) is 1. The molecule has 0 saturated heterocycles. The van der Waals surface area contributed by atoms with Gasteiger partial charge in [-0.1, -0.05) is 11.8 Å². The quantitative estimate of drug-likeness (QED) is 0.691. The molecule has 0 aliphatic heterocycles. The van der Waals surface area contributed by atoms with Crippen LogP contribution in [0.3, 0.4) is 0 Å². The second kappa shape index (κ2) is 8.22. The van der Waals surface area contributed by atoms with Gasteiger partial charge in [0.1, 0.15) is 5.75 Å². The molecule has 8 nitrogen and oxygen atoms in total. The van der Waals surface area contributed by atoms with Crippen molar-refractivity contribution in [2.45, 2.75) is 43.6 Å². The van der Waals surface area contributed by atoms with Crippen molar-refractivity contribution in [2.75, 3.05) is 7.11 Å². The molecule has 3 amide bonds. The number of aromatic nitrogens is 3. The lowest BCUT2D eigenvalue weighted by Gasteiger charge is -2.20. The van der Waals surface area contributed by atoms with Gasteiger partial charge in [0.25, 0.3) is 0 Å².